The van der Waals surface area contributed by atoms with Crippen molar-refractivity contribution in [2.45, 2.75) is 38.9 Å². The maximum Gasteiger partial charge on any atom is 0.494 e. The van der Waals surface area contributed by atoms with E-state index in [1.165, 1.54) is 7.05 Å². The number of carbonyl (C=O) groups is 1. The lowest BCUT2D eigenvalue weighted by molar-refractivity contribution is -0.114. The molecule has 1 aromatic carbocycles. The van der Waals surface area contributed by atoms with Gasteiger partial charge in [0.1, 0.15) is 5.71 Å². The van der Waals surface area contributed by atoms with Gasteiger partial charge in [-0.2, -0.15) is 0 Å². The maximum atomic E-state index is 11.5. The molecule has 1 fully saturated rings. The van der Waals surface area contributed by atoms with Crippen molar-refractivity contribution in [3.8, 4) is 0 Å². The van der Waals surface area contributed by atoms with E-state index < -0.39 is 24.2 Å². The first-order valence-electron chi connectivity index (χ1n) is 7.15. The van der Waals surface area contributed by atoms with Crippen LogP contribution in [0.15, 0.2) is 18.2 Å². The minimum absolute atomic E-state index is 0.166. The number of hydrogen-bond acceptors (Lipinski definition) is 5. The number of likely N-dealkylation sites (N-methyl/N-ethyl adjacent to an activating group) is 1. The lowest BCUT2D eigenvalue weighted by Gasteiger charge is -2.32. The van der Waals surface area contributed by atoms with Gasteiger partial charge in [0.05, 0.1) is 11.2 Å². The van der Waals surface area contributed by atoms with Gasteiger partial charge in [0.2, 0.25) is 0 Å². The van der Waals surface area contributed by atoms with E-state index >= 15 is 0 Å². The third kappa shape index (κ3) is 2.74. The number of nitrogens with one attached hydrogen (secondary N) is 2. The summed E-state index contributed by atoms with van der Waals surface area (Å²) in [4.78, 5) is 11.5. The van der Waals surface area contributed by atoms with Crippen molar-refractivity contribution < 1.29 is 14.1 Å². The van der Waals surface area contributed by atoms with Crippen LogP contribution in [0.2, 0.25) is 0 Å². The van der Waals surface area contributed by atoms with E-state index in [1.54, 1.807) is 18.2 Å². The highest BCUT2D eigenvalue weighted by atomic mass is 16.7. The fraction of sp³-hybridized carbons (Fsp3) is 0.467. The zero-order chi connectivity index (χ0) is 16.7. The van der Waals surface area contributed by atoms with E-state index in [0.29, 0.717) is 11.3 Å². The average molecular weight is 303 g/mol. The van der Waals surface area contributed by atoms with Crippen molar-refractivity contribution in [3.05, 3.63) is 23.8 Å². The molecule has 1 saturated heterocycles. The Hall–Kier alpha value is -1.86. The number of nitrogen functional groups attached to an aromatic ring is 1. The van der Waals surface area contributed by atoms with Crippen LogP contribution in [-0.4, -0.2) is 37.0 Å². The van der Waals surface area contributed by atoms with Crippen LogP contribution in [0.25, 0.3) is 0 Å². The van der Waals surface area contributed by atoms with Crippen molar-refractivity contribution in [2.24, 2.45) is 0 Å². The van der Waals surface area contributed by atoms with Gasteiger partial charge < -0.3 is 20.4 Å². The lowest BCUT2D eigenvalue weighted by atomic mass is 9.78. The number of carbonyl (C=O) groups excluding carboxylic acids is 1. The first kappa shape index (κ1) is 16.5. The molecule has 2 rings (SSSR count). The monoisotopic (exact) mass is 303 g/mol. The van der Waals surface area contributed by atoms with Crippen molar-refractivity contribution in [1.82, 2.24) is 5.32 Å². The molecule has 0 unspecified atom stereocenters. The van der Waals surface area contributed by atoms with Gasteiger partial charge in [-0.3, -0.25) is 10.2 Å². The number of anilines is 1. The molecule has 22 heavy (non-hydrogen) atoms. The minimum Gasteiger partial charge on any atom is -0.399 e. The predicted octanol–water partition coefficient (Wildman–Crippen LogP) is 0.682. The van der Waals surface area contributed by atoms with E-state index in [1.807, 2.05) is 27.7 Å². The summed E-state index contributed by atoms with van der Waals surface area (Å²) >= 11 is 0. The number of nitrogens with two attached hydrogens (primary N) is 1. The molecule has 0 aromatic heterocycles. The molecule has 118 valence electrons. The molecular weight excluding hydrogens is 281 g/mol. The van der Waals surface area contributed by atoms with Gasteiger partial charge in [-0.1, -0.05) is 12.1 Å². The highest BCUT2D eigenvalue weighted by molar-refractivity contribution is 6.62. The van der Waals surface area contributed by atoms with Gasteiger partial charge >= 0.3 is 7.12 Å². The molecule has 0 saturated carbocycles. The Labute approximate surface area is 131 Å². The fourth-order valence-electron chi connectivity index (χ4n) is 2.18. The molecule has 0 spiro atoms. The second kappa shape index (κ2) is 5.41. The van der Waals surface area contributed by atoms with Crippen molar-refractivity contribution in [1.29, 1.82) is 5.41 Å². The van der Waals surface area contributed by atoms with Gasteiger partial charge in [0, 0.05) is 18.3 Å². The first-order valence-corrected chi connectivity index (χ1v) is 7.15. The molecule has 1 heterocycles. The molecule has 0 atom stereocenters. The van der Waals surface area contributed by atoms with Crippen LogP contribution in [0.4, 0.5) is 5.69 Å². The second-order valence-corrected chi connectivity index (χ2v) is 6.39. The molecule has 0 bridgehead atoms. The Morgan fingerprint density at radius 1 is 1.23 bits per heavy atom. The predicted molar refractivity (Wildman–Crippen MR) is 87.5 cm³/mol. The third-order valence-corrected chi connectivity index (χ3v) is 4.32. The normalized spacial score (nSPS) is 19.0. The molecule has 1 amide bonds. The molecule has 4 N–H and O–H groups in total. The Balaban J connectivity index is 2.28. The van der Waals surface area contributed by atoms with Crippen LogP contribution in [0.5, 0.6) is 0 Å². The number of rotatable bonds is 3. The van der Waals surface area contributed by atoms with Crippen LogP contribution in [0.1, 0.15) is 33.3 Å². The summed E-state index contributed by atoms with van der Waals surface area (Å²) in [5.41, 5.74) is 6.46. The molecule has 0 aliphatic carbocycles. The summed E-state index contributed by atoms with van der Waals surface area (Å²) < 4.78 is 11.9. The first-order chi connectivity index (χ1) is 10.1. The average Bonchev–Trinajstić information content (AvgIpc) is 2.65. The van der Waals surface area contributed by atoms with Gasteiger partial charge in [-0.15, -0.1) is 0 Å². The summed E-state index contributed by atoms with van der Waals surface area (Å²) in [7, 11) is 0.960. The topological polar surface area (TPSA) is 97.4 Å². The van der Waals surface area contributed by atoms with Crippen molar-refractivity contribution in [3.63, 3.8) is 0 Å². The Kier molecular flexibility index (Phi) is 4.06. The van der Waals surface area contributed by atoms with Gasteiger partial charge in [0.25, 0.3) is 5.91 Å². The van der Waals surface area contributed by atoms with Gasteiger partial charge in [0.15, 0.2) is 0 Å². The summed E-state index contributed by atoms with van der Waals surface area (Å²) in [6, 6.07) is 5.10. The third-order valence-electron chi connectivity index (χ3n) is 4.32. The zero-order valence-electron chi connectivity index (χ0n) is 13.6. The van der Waals surface area contributed by atoms with Gasteiger partial charge in [-0.25, -0.2) is 0 Å². The number of amides is 1. The summed E-state index contributed by atoms with van der Waals surface area (Å²) in [6.45, 7) is 7.91. The molecule has 6 nitrogen and oxygen atoms in total. The van der Waals surface area contributed by atoms with E-state index in [0.717, 1.165) is 5.46 Å². The fourth-order valence-corrected chi connectivity index (χ4v) is 2.18. The van der Waals surface area contributed by atoms with E-state index in [4.69, 9.17) is 20.5 Å². The molecule has 7 heteroatoms. The van der Waals surface area contributed by atoms with Crippen LogP contribution in [-0.2, 0) is 14.1 Å². The van der Waals surface area contributed by atoms with E-state index in [9.17, 15) is 4.79 Å². The highest BCUT2D eigenvalue weighted by Crippen LogP contribution is 2.36. The minimum atomic E-state index is -0.518. The van der Waals surface area contributed by atoms with Crippen LogP contribution in [0, 0.1) is 5.41 Å². The van der Waals surface area contributed by atoms with Crippen LogP contribution < -0.4 is 16.5 Å². The van der Waals surface area contributed by atoms with E-state index in [2.05, 4.69) is 5.32 Å². The molecule has 1 aromatic rings. The Morgan fingerprint density at radius 3 is 2.23 bits per heavy atom. The summed E-state index contributed by atoms with van der Waals surface area (Å²) in [5, 5.41) is 10.2. The molecule has 1 aliphatic rings. The van der Waals surface area contributed by atoms with Crippen molar-refractivity contribution in [2.75, 3.05) is 12.8 Å². The highest BCUT2D eigenvalue weighted by Gasteiger charge is 2.51. The molecular formula is C15H22BN3O3. The SMILES string of the molecule is CNC(=O)C(=N)c1ccc(B2OC(C)(C)C(C)(C)O2)cc1N. The number of benzene rings is 1. The summed E-state index contributed by atoms with van der Waals surface area (Å²) in [5.74, 6) is -0.477. The molecule has 1 aliphatic heterocycles. The standard InChI is InChI=1S/C15H22BN3O3/c1-14(2)15(3,4)22-16(21-14)9-6-7-10(11(17)8-9)12(18)13(20)19-5/h6-8,18H,17H2,1-5H3,(H,19,20). The molecule has 0 radical (unpaired) electrons. The van der Waals surface area contributed by atoms with Crippen molar-refractivity contribution >= 4 is 29.9 Å². The second-order valence-electron chi connectivity index (χ2n) is 6.39. The Morgan fingerprint density at radius 2 is 1.77 bits per heavy atom. The maximum absolute atomic E-state index is 11.5. The lowest BCUT2D eigenvalue weighted by Crippen LogP contribution is -2.41. The largest absolute Gasteiger partial charge is 0.494 e. The Bertz CT molecular complexity index is 612. The van der Waals surface area contributed by atoms with Crippen LogP contribution >= 0.6 is 0 Å². The van der Waals surface area contributed by atoms with Gasteiger partial charge in [-0.05, 0) is 39.2 Å². The smallest absolute Gasteiger partial charge is 0.399 e. The summed E-state index contributed by atoms with van der Waals surface area (Å²) in [6.07, 6.45) is 0. The van der Waals surface area contributed by atoms with Crippen LogP contribution in [0.3, 0.4) is 0 Å². The van der Waals surface area contributed by atoms with E-state index in [-0.39, 0.29) is 5.71 Å². The zero-order valence-corrected chi connectivity index (χ0v) is 13.6. The number of hydrogen-bond donors (Lipinski definition) is 3. The quantitative estimate of drug-likeness (QED) is 0.434.